The highest BCUT2D eigenvalue weighted by atomic mass is 16.5. The van der Waals surface area contributed by atoms with E-state index < -0.39 is 5.63 Å². The number of ether oxygens (including phenoxy) is 1. The molecule has 1 atom stereocenters. The number of carbonyl (C=O) groups excluding carboxylic acids is 1. The minimum absolute atomic E-state index is 0.0426. The molecule has 1 fully saturated rings. The molecule has 1 amide bonds. The van der Waals surface area contributed by atoms with Gasteiger partial charge in [0.2, 0.25) is 0 Å². The van der Waals surface area contributed by atoms with E-state index in [1.807, 2.05) is 24.3 Å². The van der Waals surface area contributed by atoms with Gasteiger partial charge in [0, 0.05) is 24.4 Å². The van der Waals surface area contributed by atoms with Crippen molar-refractivity contribution >= 4 is 27.9 Å². The van der Waals surface area contributed by atoms with E-state index >= 15 is 0 Å². The smallest absolute Gasteiger partial charge is 0.349 e. The molecule has 152 valence electrons. The number of para-hydroxylation sites is 3. The van der Waals surface area contributed by atoms with Gasteiger partial charge in [-0.05, 0) is 37.1 Å². The Bertz CT molecular complexity index is 1270. The average molecular weight is 403 g/mol. The third kappa shape index (κ3) is 3.12. The molecule has 0 aliphatic carbocycles. The second-order valence-corrected chi connectivity index (χ2v) is 7.56. The zero-order valence-electron chi connectivity index (χ0n) is 16.6. The molecule has 1 saturated heterocycles. The SMILES string of the molecule is COc1cccc2cc(C(=O)N3CCC[C@@H](c4nc5ccccc5[nH]4)C3)c(=O)oc12. The summed E-state index contributed by atoms with van der Waals surface area (Å²) in [5.74, 6) is 1.13. The number of methoxy groups -OCH3 is 1. The van der Waals surface area contributed by atoms with Gasteiger partial charge in [0.1, 0.15) is 11.4 Å². The van der Waals surface area contributed by atoms with Crippen LogP contribution in [0.15, 0.2) is 57.7 Å². The molecular formula is C23H21N3O4. The molecule has 1 aliphatic rings. The van der Waals surface area contributed by atoms with Gasteiger partial charge in [-0.3, -0.25) is 4.79 Å². The summed E-state index contributed by atoms with van der Waals surface area (Å²) >= 11 is 0. The van der Waals surface area contributed by atoms with E-state index in [4.69, 9.17) is 14.1 Å². The minimum Gasteiger partial charge on any atom is -0.493 e. The predicted octanol–water partition coefficient (Wildman–Crippen LogP) is 3.70. The summed E-state index contributed by atoms with van der Waals surface area (Å²) in [6.07, 6.45) is 1.79. The normalized spacial score (nSPS) is 16.8. The van der Waals surface area contributed by atoms with Crippen LogP contribution in [0.4, 0.5) is 0 Å². The van der Waals surface area contributed by atoms with Crippen LogP contribution < -0.4 is 10.4 Å². The number of rotatable bonds is 3. The van der Waals surface area contributed by atoms with E-state index in [9.17, 15) is 9.59 Å². The molecule has 1 N–H and O–H groups in total. The van der Waals surface area contributed by atoms with Crippen LogP contribution in [0.5, 0.6) is 5.75 Å². The second-order valence-electron chi connectivity index (χ2n) is 7.56. The number of imidazole rings is 1. The molecule has 7 heteroatoms. The van der Waals surface area contributed by atoms with Crippen LogP contribution >= 0.6 is 0 Å². The number of piperidine rings is 1. The standard InChI is InChI=1S/C23H21N3O4/c1-29-19-10-4-6-14-12-16(23(28)30-20(14)19)22(27)26-11-5-7-15(13-26)21-24-17-8-2-3-9-18(17)25-21/h2-4,6,8-10,12,15H,5,7,11,13H2,1H3,(H,24,25)/t15-/m1/s1. The lowest BCUT2D eigenvalue weighted by atomic mass is 9.96. The molecule has 0 saturated carbocycles. The number of aromatic nitrogens is 2. The van der Waals surface area contributed by atoms with Crippen molar-refractivity contribution in [3.8, 4) is 5.75 Å². The molecular weight excluding hydrogens is 382 g/mol. The van der Waals surface area contributed by atoms with E-state index in [1.54, 1.807) is 29.2 Å². The Hall–Kier alpha value is -3.61. The summed E-state index contributed by atoms with van der Waals surface area (Å²) in [4.78, 5) is 35.5. The van der Waals surface area contributed by atoms with Crippen LogP contribution in [0.25, 0.3) is 22.0 Å². The fraction of sp³-hybridized carbons (Fsp3) is 0.261. The number of likely N-dealkylation sites (tertiary alicyclic amines) is 1. The maximum atomic E-state index is 13.2. The van der Waals surface area contributed by atoms with Crippen LogP contribution in [-0.2, 0) is 0 Å². The first-order valence-electron chi connectivity index (χ1n) is 9.99. The zero-order chi connectivity index (χ0) is 20.7. The van der Waals surface area contributed by atoms with Crippen molar-refractivity contribution in [3.63, 3.8) is 0 Å². The zero-order valence-corrected chi connectivity index (χ0v) is 16.6. The number of aromatic amines is 1. The Morgan fingerprint density at radius 2 is 2.10 bits per heavy atom. The highest BCUT2D eigenvalue weighted by molar-refractivity contribution is 5.97. The quantitative estimate of drug-likeness (QED) is 0.527. The molecule has 2 aromatic heterocycles. The van der Waals surface area contributed by atoms with Gasteiger partial charge in [-0.2, -0.15) is 0 Å². The molecule has 0 bridgehead atoms. The van der Waals surface area contributed by atoms with E-state index in [0.29, 0.717) is 29.8 Å². The number of nitrogens with one attached hydrogen (secondary N) is 1. The van der Waals surface area contributed by atoms with Gasteiger partial charge in [0.25, 0.3) is 5.91 Å². The fourth-order valence-electron chi connectivity index (χ4n) is 4.15. The van der Waals surface area contributed by atoms with Crippen LogP contribution in [0.3, 0.4) is 0 Å². The number of H-pyrrole nitrogens is 1. The van der Waals surface area contributed by atoms with Crippen molar-refractivity contribution in [2.75, 3.05) is 20.2 Å². The molecule has 5 rings (SSSR count). The summed E-state index contributed by atoms with van der Waals surface area (Å²) < 4.78 is 10.7. The lowest BCUT2D eigenvalue weighted by Gasteiger charge is -2.31. The fourth-order valence-corrected chi connectivity index (χ4v) is 4.15. The van der Waals surface area contributed by atoms with Gasteiger partial charge in [-0.15, -0.1) is 0 Å². The highest BCUT2D eigenvalue weighted by Crippen LogP contribution is 2.28. The number of benzene rings is 2. The molecule has 2 aromatic carbocycles. The Kier molecular flexibility index (Phi) is 4.50. The number of hydrogen-bond acceptors (Lipinski definition) is 5. The Labute approximate surface area is 172 Å². The van der Waals surface area contributed by atoms with Crippen LogP contribution in [0.1, 0.15) is 34.9 Å². The van der Waals surface area contributed by atoms with Crippen molar-refractivity contribution in [3.05, 3.63) is 70.3 Å². The molecule has 0 radical (unpaired) electrons. The number of amides is 1. The molecule has 30 heavy (non-hydrogen) atoms. The summed E-state index contributed by atoms with van der Waals surface area (Å²) in [6.45, 7) is 1.11. The van der Waals surface area contributed by atoms with Crippen molar-refractivity contribution in [1.29, 1.82) is 0 Å². The Morgan fingerprint density at radius 3 is 2.93 bits per heavy atom. The number of hydrogen-bond donors (Lipinski definition) is 1. The third-order valence-corrected chi connectivity index (χ3v) is 5.68. The predicted molar refractivity (Wildman–Crippen MR) is 113 cm³/mol. The lowest BCUT2D eigenvalue weighted by molar-refractivity contribution is 0.0700. The van der Waals surface area contributed by atoms with Gasteiger partial charge >= 0.3 is 5.63 Å². The van der Waals surface area contributed by atoms with Gasteiger partial charge in [-0.25, -0.2) is 9.78 Å². The van der Waals surface area contributed by atoms with Gasteiger partial charge in [-0.1, -0.05) is 24.3 Å². The topological polar surface area (TPSA) is 88.4 Å². The summed E-state index contributed by atoms with van der Waals surface area (Å²) in [7, 11) is 1.51. The number of fused-ring (bicyclic) bond motifs is 2. The average Bonchev–Trinajstić information content (AvgIpc) is 3.22. The molecule has 3 heterocycles. The largest absolute Gasteiger partial charge is 0.493 e. The van der Waals surface area contributed by atoms with E-state index in [0.717, 1.165) is 29.7 Å². The van der Waals surface area contributed by atoms with Crippen LogP contribution in [-0.4, -0.2) is 41.0 Å². The Balaban J connectivity index is 1.44. The highest BCUT2D eigenvalue weighted by Gasteiger charge is 2.29. The minimum atomic E-state index is -0.650. The maximum absolute atomic E-state index is 13.2. The molecule has 7 nitrogen and oxygen atoms in total. The van der Waals surface area contributed by atoms with E-state index in [-0.39, 0.29) is 17.4 Å². The van der Waals surface area contributed by atoms with E-state index in [2.05, 4.69) is 4.98 Å². The monoisotopic (exact) mass is 403 g/mol. The molecule has 0 spiro atoms. The number of carbonyl (C=O) groups is 1. The van der Waals surface area contributed by atoms with Gasteiger partial charge in [0.15, 0.2) is 11.3 Å². The Morgan fingerprint density at radius 1 is 1.23 bits per heavy atom. The third-order valence-electron chi connectivity index (χ3n) is 5.68. The molecule has 4 aromatic rings. The summed E-state index contributed by atoms with van der Waals surface area (Å²) in [5.41, 5.74) is 1.64. The summed E-state index contributed by atoms with van der Waals surface area (Å²) in [6, 6.07) is 14.8. The molecule has 0 unspecified atom stereocenters. The molecule has 1 aliphatic heterocycles. The van der Waals surface area contributed by atoms with Crippen LogP contribution in [0.2, 0.25) is 0 Å². The van der Waals surface area contributed by atoms with Crippen molar-refractivity contribution < 1.29 is 13.9 Å². The van der Waals surface area contributed by atoms with Crippen molar-refractivity contribution in [2.45, 2.75) is 18.8 Å². The van der Waals surface area contributed by atoms with E-state index in [1.165, 1.54) is 7.11 Å². The first-order valence-corrected chi connectivity index (χ1v) is 9.99. The first kappa shape index (κ1) is 18.4. The lowest BCUT2D eigenvalue weighted by Crippen LogP contribution is -2.41. The van der Waals surface area contributed by atoms with Gasteiger partial charge in [0.05, 0.1) is 18.1 Å². The van der Waals surface area contributed by atoms with Gasteiger partial charge < -0.3 is 19.0 Å². The first-order chi connectivity index (χ1) is 14.6. The second kappa shape index (κ2) is 7.33. The van der Waals surface area contributed by atoms with Crippen molar-refractivity contribution in [2.24, 2.45) is 0 Å². The van der Waals surface area contributed by atoms with Crippen molar-refractivity contribution in [1.82, 2.24) is 14.9 Å². The maximum Gasteiger partial charge on any atom is 0.349 e. The number of nitrogens with zero attached hydrogens (tertiary/aromatic N) is 2. The van der Waals surface area contributed by atoms with Crippen LogP contribution in [0, 0.1) is 0 Å². The summed E-state index contributed by atoms with van der Waals surface area (Å²) in [5, 5.41) is 0.656.